The monoisotopic (exact) mass is 266 g/mol. The number of H-pyrrole nitrogens is 1. The zero-order valence-corrected chi connectivity index (χ0v) is 10.9. The average Bonchev–Trinajstić information content (AvgIpc) is 2.89. The van der Waals surface area contributed by atoms with Gasteiger partial charge in [-0.1, -0.05) is 0 Å². The lowest BCUT2D eigenvalue weighted by Gasteiger charge is -2.40. The Bertz CT molecular complexity index is 625. The van der Waals surface area contributed by atoms with Crippen LogP contribution in [-0.2, 0) is 0 Å². The van der Waals surface area contributed by atoms with Gasteiger partial charge in [0.1, 0.15) is 23.5 Å². The van der Waals surface area contributed by atoms with Crippen LogP contribution in [0, 0.1) is 0 Å². The maximum atomic E-state index is 11.8. The molecule has 0 fully saturated rings. The number of rotatable bonds is 1. The first-order valence-corrected chi connectivity index (χ1v) is 6.58. The first-order chi connectivity index (χ1) is 8.50. The van der Waals surface area contributed by atoms with Crippen LogP contribution in [0.3, 0.4) is 0 Å². The summed E-state index contributed by atoms with van der Waals surface area (Å²) in [5.41, 5.74) is -0.953. The van der Waals surface area contributed by atoms with E-state index in [-0.39, 0.29) is 5.69 Å². The molecule has 0 amide bonds. The molecule has 0 aliphatic carbocycles. The van der Waals surface area contributed by atoms with Crippen molar-refractivity contribution in [1.82, 2.24) is 9.55 Å². The van der Waals surface area contributed by atoms with Crippen molar-refractivity contribution in [3.05, 3.63) is 39.2 Å². The molecule has 0 saturated carbocycles. The molecule has 2 unspecified atom stereocenters. The van der Waals surface area contributed by atoms with Crippen molar-refractivity contribution in [2.45, 2.75) is 31.6 Å². The zero-order chi connectivity index (χ0) is 12.9. The van der Waals surface area contributed by atoms with E-state index in [1.54, 1.807) is 12.4 Å². The number of hydrogen-bond donors (Lipinski definition) is 2. The molecular weight excluding hydrogens is 252 g/mol. The summed E-state index contributed by atoms with van der Waals surface area (Å²) < 4.78 is 7.29. The average molecular weight is 266 g/mol. The minimum absolute atomic E-state index is 0.226. The molecule has 2 N–H and O–H groups in total. The molecule has 2 aromatic heterocycles. The van der Waals surface area contributed by atoms with Crippen LogP contribution in [0.5, 0.6) is 5.75 Å². The molecule has 2 aromatic rings. The van der Waals surface area contributed by atoms with Gasteiger partial charge in [0.05, 0.1) is 4.88 Å². The number of nitrogens with one attached hydrogen (secondary N) is 1. The first kappa shape index (κ1) is 11.6. The molecule has 6 heteroatoms. The summed E-state index contributed by atoms with van der Waals surface area (Å²) in [5.74, 6) is 0.744. The maximum Gasteiger partial charge on any atom is 0.326 e. The van der Waals surface area contributed by atoms with Gasteiger partial charge < -0.3 is 14.8 Å². The Morgan fingerprint density at radius 2 is 2.33 bits per heavy atom. The molecule has 2 atom stereocenters. The van der Waals surface area contributed by atoms with E-state index in [0.717, 1.165) is 10.6 Å². The Morgan fingerprint density at radius 3 is 3.00 bits per heavy atom. The lowest BCUT2D eigenvalue weighted by molar-refractivity contribution is -0.0626. The summed E-state index contributed by atoms with van der Waals surface area (Å²) in [7, 11) is 0. The molecule has 18 heavy (non-hydrogen) atoms. The normalized spacial score (nSPS) is 25.5. The second kappa shape index (κ2) is 3.73. The summed E-state index contributed by atoms with van der Waals surface area (Å²) in [6.07, 6.45) is 2.45. The molecule has 3 heterocycles. The van der Waals surface area contributed by atoms with E-state index in [1.807, 2.05) is 25.3 Å². The van der Waals surface area contributed by atoms with E-state index in [9.17, 15) is 9.90 Å². The van der Waals surface area contributed by atoms with Gasteiger partial charge in [0.25, 0.3) is 0 Å². The summed E-state index contributed by atoms with van der Waals surface area (Å²) in [5, 5.41) is 12.4. The van der Waals surface area contributed by atoms with Gasteiger partial charge in [-0.25, -0.2) is 4.79 Å². The van der Waals surface area contributed by atoms with Crippen LogP contribution in [0.1, 0.15) is 24.8 Å². The summed E-state index contributed by atoms with van der Waals surface area (Å²) in [4.78, 5) is 15.2. The molecule has 5 nitrogen and oxygen atoms in total. The molecule has 0 saturated heterocycles. The maximum absolute atomic E-state index is 11.8. The van der Waals surface area contributed by atoms with E-state index in [2.05, 4.69) is 4.98 Å². The van der Waals surface area contributed by atoms with Gasteiger partial charge in [-0.2, -0.15) is 0 Å². The molecule has 1 aliphatic heterocycles. The molecule has 0 aromatic carbocycles. The molecule has 3 rings (SSSR count). The highest BCUT2D eigenvalue weighted by Gasteiger charge is 2.44. The third-order valence-corrected chi connectivity index (χ3v) is 4.26. The second-order valence-corrected chi connectivity index (χ2v) is 5.86. The minimum Gasteiger partial charge on any atom is -0.484 e. The number of aromatic amines is 1. The summed E-state index contributed by atoms with van der Waals surface area (Å²) in [6, 6.07) is 1.47. The molecule has 1 aliphatic rings. The van der Waals surface area contributed by atoms with E-state index in [0.29, 0.717) is 0 Å². The predicted octanol–water partition coefficient (Wildman–Crippen LogP) is 1.36. The largest absolute Gasteiger partial charge is 0.484 e. The van der Waals surface area contributed by atoms with Crippen molar-refractivity contribution in [3.8, 4) is 5.75 Å². The smallest absolute Gasteiger partial charge is 0.326 e. The molecule has 0 radical (unpaired) electrons. The number of ether oxygens (including phenoxy) is 1. The van der Waals surface area contributed by atoms with Crippen LogP contribution in [0.25, 0.3) is 0 Å². The second-order valence-electron chi connectivity index (χ2n) is 4.92. The number of aliphatic hydroxyl groups excluding tert-OH is 1. The number of hydrogen-bond acceptors (Lipinski definition) is 4. The van der Waals surface area contributed by atoms with Crippen LogP contribution in [0.4, 0.5) is 0 Å². The van der Waals surface area contributed by atoms with Gasteiger partial charge in [0.15, 0.2) is 0 Å². The molecule has 0 bridgehead atoms. The number of aliphatic hydroxyl groups is 1. The Balaban J connectivity index is 2.19. The highest BCUT2D eigenvalue weighted by molar-refractivity contribution is 7.10. The van der Waals surface area contributed by atoms with Gasteiger partial charge in [-0.05, 0) is 25.3 Å². The molecular formula is C12H14N2O3S. The molecule has 96 valence electrons. The van der Waals surface area contributed by atoms with Gasteiger partial charge in [-0.15, -0.1) is 11.3 Å². The first-order valence-electron chi connectivity index (χ1n) is 5.71. The Kier molecular flexibility index (Phi) is 2.39. The van der Waals surface area contributed by atoms with Crippen LogP contribution >= 0.6 is 11.3 Å². The number of thiophene rings is 1. The van der Waals surface area contributed by atoms with Crippen LogP contribution in [0.2, 0.25) is 0 Å². The SMILES string of the molecule is CC1(C)Oc2ccsc2C(n2cc[nH]c2=O)C1O. The van der Waals surface area contributed by atoms with Crippen LogP contribution in [-0.4, -0.2) is 26.4 Å². The third-order valence-electron chi connectivity index (χ3n) is 3.29. The fraction of sp³-hybridized carbons (Fsp3) is 0.417. The number of fused-ring (bicyclic) bond motifs is 1. The van der Waals surface area contributed by atoms with Gasteiger partial charge >= 0.3 is 5.69 Å². The van der Waals surface area contributed by atoms with E-state index in [1.165, 1.54) is 15.9 Å². The van der Waals surface area contributed by atoms with Crippen molar-refractivity contribution in [2.75, 3.05) is 0 Å². The van der Waals surface area contributed by atoms with Gasteiger partial charge in [0, 0.05) is 12.4 Å². The number of aromatic nitrogens is 2. The highest BCUT2D eigenvalue weighted by Crippen LogP contribution is 2.44. The van der Waals surface area contributed by atoms with Crippen molar-refractivity contribution in [2.24, 2.45) is 0 Å². The van der Waals surface area contributed by atoms with E-state index >= 15 is 0 Å². The van der Waals surface area contributed by atoms with Gasteiger partial charge in [0.2, 0.25) is 0 Å². The van der Waals surface area contributed by atoms with Crippen molar-refractivity contribution in [1.29, 1.82) is 0 Å². The predicted molar refractivity (Wildman–Crippen MR) is 68.2 cm³/mol. The number of imidazole rings is 1. The quantitative estimate of drug-likeness (QED) is 0.819. The Labute approximate surface area is 108 Å². The standard InChI is InChI=1S/C12H14N2O3S/c1-12(2)10(15)8(14-5-4-13-11(14)16)9-7(17-12)3-6-18-9/h3-6,8,10,15H,1-2H3,(H,13,16). The lowest BCUT2D eigenvalue weighted by Crippen LogP contribution is -2.51. The van der Waals surface area contributed by atoms with Crippen molar-refractivity contribution < 1.29 is 9.84 Å². The summed E-state index contributed by atoms with van der Waals surface area (Å²) >= 11 is 1.49. The van der Waals surface area contributed by atoms with Crippen LogP contribution < -0.4 is 10.4 Å². The third kappa shape index (κ3) is 1.53. The van der Waals surface area contributed by atoms with Crippen molar-refractivity contribution >= 4 is 11.3 Å². The Morgan fingerprint density at radius 1 is 1.56 bits per heavy atom. The van der Waals surface area contributed by atoms with E-state index < -0.39 is 17.7 Å². The molecule has 0 spiro atoms. The highest BCUT2D eigenvalue weighted by atomic mass is 32.1. The Hall–Kier alpha value is -1.53. The fourth-order valence-electron chi connectivity index (χ4n) is 2.31. The van der Waals surface area contributed by atoms with E-state index in [4.69, 9.17) is 4.74 Å². The summed E-state index contributed by atoms with van der Waals surface area (Å²) in [6.45, 7) is 3.64. The fourth-order valence-corrected chi connectivity index (χ4v) is 3.25. The topological polar surface area (TPSA) is 67.2 Å². The van der Waals surface area contributed by atoms with Gasteiger partial charge in [-0.3, -0.25) is 4.57 Å². The number of nitrogens with zero attached hydrogens (tertiary/aromatic N) is 1. The van der Waals surface area contributed by atoms with Crippen LogP contribution in [0.15, 0.2) is 28.6 Å². The van der Waals surface area contributed by atoms with Crippen molar-refractivity contribution in [3.63, 3.8) is 0 Å². The zero-order valence-electron chi connectivity index (χ0n) is 10.1. The minimum atomic E-state index is -0.780. The lowest BCUT2D eigenvalue weighted by atomic mass is 9.90.